The maximum Gasteiger partial charge on any atom is 0.317 e. The first-order valence-corrected chi connectivity index (χ1v) is 7.62. The molecule has 1 saturated carbocycles. The van der Waals surface area contributed by atoms with Gasteiger partial charge in [-0.05, 0) is 38.1 Å². The number of likely N-dealkylation sites (tertiary alicyclic amines) is 1. The number of likely N-dealkylation sites (N-methyl/N-ethyl adjacent to an activating group) is 1. The van der Waals surface area contributed by atoms with Gasteiger partial charge in [-0.15, -0.1) is 0 Å². The summed E-state index contributed by atoms with van der Waals surface area (Å²) in [6.45, 7) is 6.63. The number of carbonyl (C=O) groups excluding carboxylic acids is 1. The Bertz CT molecular complexity index is 294. The van der Waals surface area contributed by atoms with E-state index in [0.29, 0.717) is 6.54 Å². The normalized spacial score (nSPS) is 23.7. The van der Waals surface area contributed by atoms with E-state index in [4.69, 9.17) is 0 Å². The second kappa shape index (κ2) is 7.10. The van der Waals surface area contributed by atoms with Gasteiger partial charge >= 0.3 is 6.03 Å². The highest BCUT2D eigenvalue weighted by atomic mass is 16.3. The van der Waals surface area contributed by atoms with Crippen molar-refractivity contribution in [1.29, 1.82) is 0 Å². The topological polar surface area (TPSA) is 55.8 Å². The van der Waals surface area contributed by atoms with Crippen LogP contribution in [0, 0.1) is 5.92 Å². The molecule has 1 aliphatic heterocycles. The number of carbonyl (C=O) groups is 1. The summed E-state index contributed by atoms with van der Waals surface area (Å²) in [6, 6.07) is 0.792. The van der Waals surface area contributed by atoms with E-state index in [2.05, 4.69) is 17.1 Å². The number of aliphatic hydroxyl groups excluding tert-OH is 1. The highest BCUT2D eigenvalue weighted by Gasteiger charge is 2.27. The van der Waals surface area contributed by atoms with Crippen molar-refractivity contribution >= 4 is 6.03 Å². The number of piperidine rings is 1. The predicted molar refractivity (Wildman–Crippen MR) is 75.1 cm³/mol. The monoisotopic (exact) mass is 269 g/mol. The average molecular weight is 269 g/mol. The summed E-state index contributed by atoms with van der Waals surface area (Å²) in [7, 11) is 0. The van der Waals surface area contributed by atoms with Gasteiger partial charge in [0.15, 0.2) is 0 Å². The molecular weight excluding hydrogens is 242 g/mol. The highest BCUT2D eigenvalue weighted by Crippen LogP contribution is 2.25. The van der Waals surface area contributed by atoms with Crippen LogP contribution in [-0.2, 0) is 0 Å². The van der Waals surface area contributed by atoms with Gasteiger partial charge in [0.05, 0.1) is 0 Å². The molecule has 2 amide bonds. The summed E-state index contributed by atoms with van der Waals surface area (Å²) in [5.74, 6) is 0.262. The van der Waals surface area contributed by atoms with Crippen LogP contribution in [0.2, 0.25) is 0 Å². The van der Waals surface area contributed by atoms with Crippen LogP contribution in [0.15, 0.2) is 0 Å². The quantitative estimate of drug-likeness (QED) is 0.753. The number of amides is 2. The van der Waals surface area contributed by atoms with Gasteiger partial charge in [0.2, 0.25) is 0 Å². The summed E-state index contributed by atoms with van der Waals surface area (Å²) in [5, 5.41) is 12.2. The second-order valence-corrected chi connectivity index (χ2v) is 5.73. The van der Waals surface area contributed by atoms with Gasteiger partial charge in [0, 0.05) is 38.8 Å². The van der Waals surface area contributed by atoms with Gasteiger partial charge in [-0.25, -0.2) is 4.79 Å². The lowest BCUT2D eigenvalue weighted by Crippen LogP contribution is -2.47. The Morgan fingerprint density at radius 2 is 2.21 bits per heavy atom. The third-order valence-corrected chi connectivity index (χ3v) is 4.21. The molecule has 0 bridgehead atoms. The van der Waals surface area contributed by atoms with Crippen LogP contribution in [0.1, 0.15) is 32.6 Å². The molecule has 19 heavy (non-hydrogen) atoms. The Hall–Kier alpha value is -0.810. The zero-order valence-corrected chi connectivity index (χ0v) is 12.0. The summed E-state index contributed by atoms with van der Waals surface area (Å²) in [4.78, 5) is 16.3. The fraction of sp³-hybridized carbons (Fsp3) is 0.929. The van der Waals surface area contributed by atoms with E-state index < -0.39 is 0 Å². The molecule has 1 aliphatic carbocycles. The minimum Gasteiger partial charge on any atom is -0.396 e. The molecule has 2 rings (SSSR count). The van der Waals surface area contributed by atoms with Crippen molar-refractivity contribution in [3.63, 3.8) is 0 Å². The van der Waals surface area contributed by atoms with Crippen molar-refractivity contribution < 1.29 is 9.90 Å². The Balaban J connectivity index is 1.65. The standard InChI is InChI=1S/C14H27N3O2/c1-2-16(13-5-6-13)9-7-15-14(19)17-8-3-4-12(10-17)11-18/h12-13,18H,2-11H2,1H3,(H,15,19). The Morgan fingerprint density at radius 1 is 1.42 bits per heavy atom. The maximum absolute atomic E-state index is 12.0. The van der Waals surface area contributed by atoms with Gasteiger partial charge in [-0.1, -0.05) is 6.92 Å². The second-order valence-electron chi connectivity index (χ2n) is 5.73. The van der Waals surface area contributed by atoms with Gasteiger partial charge in [-0.3, -0.25) is 4.90 Å². The van der Waals surface area contributed by atoms with Crippen molar-refractivity contribution in [1.82, 2.24) is 15.1 Å². The van der Waals surface area contributed by atoms with E-state index in [1.54, 1.807) is 0 Å². The number of aliphatic hydroxyl groups is 1. The molecule has 1 saturated heterocycles. The molecule has 0 aromatic carbocycles. The molecule has 0 aromatic rings. The molecule has 1 unspecified atom stereocenters. The maximum atomic E-state index is 12.0. The lowest BCUT2D eigenvalue weighted by molar-refractivity contribution is 0.129. The van der Waals surface area contributed by atoms with Crippen LogP contribution in [-0.4, -0.2) is 66.3 Å². The predicted octanol–water partition coefficient (Wildman–Crippen LogP) is 0.885. The lowest BCUT2D eigenvalue weighted by Gasteiger charge is -2.32. The number of nitrogens with one attached hydrogen (secondary N) is 1. The third-order valence-electron chi connectivity index (χ3n) is 4.21. The molecule has 2 fully saturated rings. The first-order chi connectivity index (χ1) is 9.24. The van der Waals surface area contributed by atoms with Crippen LogP contribution < -0.4 is 5.32 Å². The first-order valence-electron chi connectivity index (χ1n) is 7.62. The molecule has 0 spiro atoms. The number of hydrogen-bond acceptors (Lipinski definition) is 3. The summed E-state index contributed by atoms with van der Waals surface area (Å²) >= 11 is 0. The molecule has 1 atom stereocenters. The highest BCUT2D eigenvalue weighted by molar-refractivity contribution is 5.74. The van der Waals surface area contributed by atoms with Crippen LogP contribution in [0.25, 0.3) is 0 Å². The smallest absolute Gasteiger partial charge is 0.317 e. The average Bonchev–Trinajstić information content (AvgIpc) is 3.28. The molecule has 1 heterocycles. The summed E-state index contributed by atoms with van der Waals surface area (Å²) in [6.07, 6.45) is 4.66. The van der Waals surface area contributed by atoms with Crippen LogP contribution >= 0.6 is 0 Å². The minimum atomic E-state index is 0.0324. The minimum absolute atomic E-state index is 0.0324. The van der Waals surface area contributed by atoms with Crippen molar-refractivity contribution in [3.8, 4) is 0 Å². The molecule has 5 heteroatoms. The van der Waals surface area contributed by atoms with Crippen molar-refractivity contribution in [3.05, 3.63) is 0 Å². The zero-order valence-electron chi connectivity index (χ0n) is 12.0. The Labute approximate surface area is 115 Å². The van der Waals surface area contributed by atoms with Crippen LogP contribution in [0.3, 0.4) is 0 Å². The molecule has 5 nitrogen and oxygen atoms in total. The van der Waals surface area contributed by atoms with Crippen LogP contribution in [0.4, 0.5) is 4.79 Å². The van der Waals surface area contributed by atoms with E-state index >= 15 is 0 Å². The van der Waals surface area contributed by atoms with Gasteiger partial charge in [-0.2, -0.15) is 0 Å². The van der Waals surface area contributed by atoms with Gasteiger partial charge in [0.1, 0.15) is 0 Å². The van der Waals surface area contributed by atoms with E-state index in [1.807, 2.05) is 4.90 Å². The molecular formula is C14H27N3O2. The number of hydrogen-bond donors (Lipinski definition) is 2. The number of nitrogens with zero attached hydrogens (tertiary/aromatic N) is 2. The van der Waals surface area contributed by atoms with Crippen molar-refractivity contribution in [2.75, 3.05) is 39.3 Å². The van der Waals surface area contributed by atoms with Gasteiger partial charge < -0.3 is 15.3 Å². The van der Waals surface area contributed by atoms with E-state index in [0.717, 1.165) is 45.1 Å². The SMILES string of the molecule is CCN(CCNC(=O)N1CCCC(CO)C1)C1CC1. The van der Waals surface area contributed by atoms with Crippen molar-refractivity contribution in [2.45, 2.75) is 38.6 Å². The van der Waals surface area contributed by atoms with Crippen molar-refractivity contribution in [2.24, 2.45) is 5.92 Å². The summed E-state index contributed by atoms with van der Waals surface area (Å²) < 4.78 is 0. The first kappa shape index (κ1) is 14.6. The Kier molecular flexibility index (Phi) is 5.45. The Morgan fingerprint density at radius 3 is 2.84 bits per heavy atom. The molecule has 110 valence electrons. The third kappa shape index (κ3) is 4.35. The largest absolute Gasteiger partial charge is 0.396 e. The van der Waals surface area contributed by atoms with E-state index in [1.165, 1.54) is 12.8 Å². The zero-order chi connectivity index (χ0) is 13.7. The molecule has 0 radical (unpaired) electrons. The van der Waals surface area contributed by atoms with E-state index in [9.17, 15) is 9.90 Å². The molecule has 0 aromatic heterocycles. The fourth-order valence-corrected chi connectivity index (χ4v) is 2.86. The van der Waals surface area contributed by atoms with Gasteiger partial charge in [0.25, 0.3) is 0 Å². The number of rotatable bonds is 6. The molecule has 2 N–H and O–H groups in total. The fourth-order valence-electron chi connectivity index (χ4n) is 2.86. The molecule has 2 aliphatic rings. The summed E-state index contributed by atoms with van der Waals surface area (Å²) in [5.41, 5.74) is 0. The number of urea groups is 1. The van der Waals surface area contributed by atoms with E-state index in [-0.39, 0.29) is 18.6 Å². The van der Waals surface area contributed by atoms with Crippen LogP contribution in [0.5, 0.6) is 0 Å². The lowest BCUT2D eigenvalue weighted by atomic mass is 9.99.